The minimum atomic E-state index is -3.06. The molecule has 1 aliphatic heterocycles. The summed E-state index contributed by atoms with van der Waals surface area (Å²) in [6, 6.07) is 9.69. The summed E-state index contributed by atoms with van der Waals surface area (Å²) in [6.07, 6.45) is 2.36. The molecule has 0 spiro atoms. The Morgan fingerprint density at radius 3 is 2.78 bits per heavy atom. The van der Waals surface area contributed by atoms with Gasteiger partial charge in [0.2, 0.25) is 5.88 Å². The quantitative estimate of drug-likeness (QED) is 0.581. The van der Waals surface area contributed by atoms with Gasteiger partial charge in [-0.1, -0.05) is 6.07 Å². The van der Waals surface area contributed by atoms with Crippen molar-refractivity contribution in [2.45, 2.75) is 26.0 Å². The van der Waals surface area contributed by atoms with Crippen molar-refractivity contribution in [1.29, 1.82) is 5.26 Å². The lowest BCUT2D eigenvalue weighted by atomic mass is 10.1. The van der Waals surface area contributed by atoms with E-state index in [-0.39, 0.29) is 40.8 Å². The molecule has 0 bridgehead atoms. The van der Waals surface area contributed by atoms with E-state index in [0.29, 0.717) is 12.1 Å². The van der Waals surface area contributed by atoms with Crippen molar-refractivity contribution in [3.8, 4) is 23.4 Å². The summed E-state index contributed by atoms with van der Waals surface area (Å²) in [5.41, 5.74) is 0.178. The molecule has 3 heterocycles. The fourth-order valence-electron chi connectivity index (χ4n) is 3.28. The molecule has 2 aromatic heterocycles. The number of ether oxygens (including phenoxy) is 2. The van der Waals surface area contributed by atoms with Crippen LogP contribution in [-0.2, 0) is 19.1 Å². The summed E-state index contributed by atoms with van der Waals surface area (Å²) >= 11 is 0. The molecule has 4 rings (SSSR count). The van der Waals surface area contributed by atoms with E-state index in [9.17, 15) is 18.8 Å². The Labute approximate surface area is 182 Å². The maximum absolute atomic E-state index is 13.5. The van der Waals surface area contributed by atoms with Crippen LogP contribution < -0.4 is 20.1 Å². The Morgan fingerprint density at radius 1 is 1.22 bits per heavy atom. The van der Waals surface area contributed by atoms with Gasteiger partial charge in [-0.3, -0.25) is 9.55 Å². The van der Waals surface area contributed by atoms with Crippen molar-refractivity contribution in [2.24, 2.45) is 0 Å². The van der Waals surface area contributed by atoms with Crippen LogP contribution in [0.1, 0.15) is 23.6 Å². The monoisotopic (exact) mass is 439 g/mol. The summed E-state index contributed by atoms with van der Waals surface area (Å²) in [7, 11) is 1.88. The molecule has 164 valence electrons. The lowest BCUT2D eigenvalue weighted by molar-refractivity contribution is 0.0169. The second-order valence-electron chi connectivity index (χ2n) is 7.44. The second-order valence-corrected chi connectivity index (χ2v) is 7.44. The molecular weight excluding hydrogens is 420 g/mol. The van der Waals surface area contributed by atoms with Crippen molar-refractivity contribution in [3.05, 3.63) is 69.9 Å². The zero-order valence-electron chi connectivity index (χ0n) is 17.4. The second kappa shape index (κ2) is 8.26. The smallest absolute Gasteiger partial charge is 0.352 e. The van der Waals surface area contributed by atoms with Gasteiger partial charge in [0.25, 0.3) is 5.92 Å². The van der Waals surface area contributed by atoms with Crippen molar-refractivity contribution in [3.63, 3.8) is 0 Å². The van der Waals surface area contributed by atoms with E-state index in [4.69, 9.17) is 9.47 Å². The predicted octanol–water partition coefficient (Wildman–Crippen LogP) is 3.44. The molecule has 0 atom stereocenters. The van der Waals surface area contributed by atoms with Gasteiger partial charge >= 0.3 is 5.69 Å². The first kappa shape index (κ1) is 21.2. The number of nitriles is 1. The van der Waals surface area contributed by atoms with E-state index in [0.717, 1.165) is 25.5 Å². The zero-order valence-corrected chi connectivity index (χ0v) is 17.4. The number of rotatable bonds is 6. The molecule has 1 aromatic carbocycles. The highest BCUT2D eigenvalue weighted by atomic mass is 19.3. The van der Waals surface area contributed by atoms with Gasteiger partial charge in [0, 0.05) is 44.9 Å². The molecule has 0 amide bonds. The molecule has 10 heteroatoms. The first-order valence-electron chi connectivity index (χ1n) is 9.74. The first-order chi connectivity index (χ1) is 15.2. The number of aromatic nitrogens is 3. The van der Waals surface area contributed by atoms with Gasteiger partial charge < -0.3 is 14.4 Å². The average Bonchev–Trinajstić information content (AvgIpc) is 3.14. The maximum atomic E-state index is 13.5. The number of hydrogen-bond donors (Lipinski definition) is 0. The minimum Gasteiger partial charge on any atom is -0.473 e. The van der Waals surface area contributed by atoms with Crippen LogP contribution in [-0.4, -0.2) is 28.1 Å². The molecule has 1 aliphatic rings. The summed E-state index contributed by atoms with van der Waals surface area (Å²) in [4.78, 5) is 21.8. The van der Waals surface area contributed by atoms with E-state index in [1.165, 1.54) is 12.3 Å². The number of benzene rings is 1. The Balaban J connectivity index is 1.50. The maximum Gasteiger partial charge on any atom is 0.352 e. The highest BCUT2D eigenvalue weighted by molar-refractivity contribution is 5.48. The van der Waals surface area contributed by atoms with E-state index in [1.54, 1.807) is 28.8 Å². The normalized spacial score (nSPS) is 12.9. The summed E-state index contributed by atoms with van der Waals surface area (Å²) in [5, 5.41) is 9.49. The van der Waals surface area contributed by atoms with Crippen LogP contribution in [0.25, 0.3) is 0 Å². The van der Waals surface area contributed by atoms with Crippen LogP contribution in [0.3, 0.4) is 0 Å². The first-order valence-corrected chi connectivity index (χ1v) is 9.74. The summed E-state index contributed by atoms with van der Waals surface area (Å²) in [5.74, 6) is -1.84. The van der Waals surface area contributed by atoms with Crippen LogP contribution in [0.4, 0.5) is 14.6 Å². The number of hydrogen-bond acceptors (Lipinski definition) is 7. The minimum absolute atomic E-state index is 0.0770. The Bertz CT molecular complexity index is 1260. The van der Waals surface area contributed by atoms with Crippen molar-refractivity contribution >= 4 is 5.82 Å². The van der Waals surface area contributed by atoms with E-state index >= 15 is 0 Å². The molecule has 0 radical (unpaired) electrons. The van der Waals surface area contributed by atoms with E-state index in [2.05, 4.69) is 9.97 Å². The van der Waals surface area contributed by atoms with Gasteiger partial charge in [-0.05, 0) is 23.8 Å². The van der Waals surface area contributed by atoms with Gasteiger partial charge in [-0.25, -0.2) is 13.6 Å². The van der Waals surface area contributed by atoms with Gasteiger partial charge in [0.15, 0.2) is 0 Å². The molecule has 8 nitrogen and oxygen atoms in total. The Kier molecular flexibility index (Phi) is 5.48. The summed E-state index contributed by atoms with van der Waals surface area (Å²) < 4.78 is 39.9. The van der Waals surface area contributed by atoms with Crippen LogP contribution in [0.2, 0.25) is 0 Å². The number of fused-ring (bicyclic) bond motifs is 1. The highest BCUT2D eigenvalue weighted by Crippen LogP contribution is 2.31. The van der Waals surface area contributed by atoms with Gasteiger partial charge in [0.05, 0.1) is 11.8 Å². The molecule has 0 unspecified atom stereocenters. The van der Waals surface area contributed by atoms with Crippen LogP contribution >= 0.6 is 0 Å². The number of nitrogens with zero attached hydrogens (tertiary/aromatic N) is 5. The Hall–Kier alpha value is -4.00. The number of anilines is 1. The van der Waals surface area contributed by atoms with Crippen molar-refractivity contribution in [2.75, 3.05) is 18.5 Å². The average molecular weight is 439 g/mol. The number of pyridine rings is 1. The van der Waals surface area contributed by atoms with Gasteiger partial charge in [-0.15, -0.1) is 0 Å². The fraction of sp³-hybridized carbons (Fsp3) is 0.273. The Morgan fingerprint density at radius 2 is 2.03 bits per heavy atom. The largest absolute Gasteiger partial charge is 0.473 e. The number of alkyl halides is 2. The number of halogens is 2. The lowest BCUT2D eigenvalue weighted by Crippen LogP contribution is -2.22. The van der Waals surface area contributed by atoms with Crippen LogP contribution in [0.5, 0.6) is 17.4 Å². The molecule has 0 saturated carbocycles. The molecule has 3 aromatic rings. The molecule has 0 aliphatic carbocycles. The highest BCUT2D eigenvalue weighted by Gasteiger charge is 2.25. The van der Waals surface area contributed by atoms with Crippen LogP contribution in [0.15, 0.2) is 47.5 Å². The zero-order chi connectivity index (χ0) is 22.9. The molecule has 32 heavy (non-hydrogen) atoms. The molecule has 0 fully saturated rings. The third kappa shape index (κ3) is 4.37. The summed E-state index contributed by atoms with van der Waals surface area (Å²) in [6.45, 7) is 2.15. The lowest BCUT2D eigenvalue weighted by Gasteiger charge is -2.14. The standard InChI is InChI=1S/C22H19F2N5O3/c1-22(23,24)16-8-17(12-26-11-16)32-18-4-3-14(7-15(18)10-25)13-31-19-9-20-28(2)5-6-29(20)21(30)27-19/h3-4,7-9,11-12H,5-6,13H2,1-2H3. The van der Waals surface area contributed by atoms with E-state index < -0.39 is 5.92 Å². The molecule has 0 N–H and O–H groups in total. The number of likely N-dealkylation sites (N-methyl/N-ethyl adjacent to an activating group) is 1. The SMILES string of the molecule is CN1CCn2c1cc(OCc1ccc(Oc3cncc(C(C)(F)F)c3)c(C#N)c1)nc2=O. The third-order valence-electron chi connectivity index (χ3n) is 5.01. The van der Waals surface area contributed by atoms with Gasteiger partial charge in [-0.2, -0.15) is 10.2 Å². The molecule has 0 saturated heterocycles. The van der Waals surface area contributed by atoms with Gasteiger partial charge in [0.1, 0.15) is 30.0 Å². The van der Waals surface area contributed by atoms with Crippen molar-refractivity contribution in [1.82, 2.24) is 14.5 Å². The fourth-order valence-corrected chi connectivity index (χ4v) is 3.28. The molecular formula is C22H19F2N5O3. The predicted molar refractivity (Wildman–Crippen MR) is 111 cm³/mol. The van der Waals surface area contributed by atoms with Crippen molar-refractivity contribution < 1.29 is 18.3 Å². The van der Waals surface area contributed by atoms with Crippen LogP contribution in [0, 0.1) is 11.3 Å². The topological polar surface area (TPSA) is 93.3 Å². The third-order valence-corrected chi connectivity index (χ3v) is 5.01. The van der Waals surface area contributed by atoms with E-state index in [1.807, 2.05) is 18.0 Å².